The van der Waals surface area contributed by atoms with Gasteiger partial charge < -0.3 is 15.4 Å². The maximum atomic E-state index is 14.2. The maximum absolute atomic E-state index is 14.2. The summed E-state index contributed by atoms with van der Waals surface area (Å²) in [6, 6.07) is 18.1. The minimum absolute atomic E-state index is 0.0317. The molecule has 0 spiro atoms. The summed E-state index contributed by atoms with van der Waals surface area (Å²) in [6.45, 7) is 3.37. The van der Waals surface area contributed by atoms with Gasteiger partial charge in [-0.3, -0.25) is 14.5 Å². The van der Waals surface area contributed by atoms with Gasteiger partial charge in [-0.05, 0) is 47.4 Å². The standard InChI is InChI=1S/C31H27ClN4O5/c1-16(2)25(30(39)40)34-28(37)20-11-4-6-13-23(20)36-29(38)24-15-21-19-10-3-5-12-22(19)33-26(21)27(35(24)31(36)41)17-8-7-9-18(32)14-17/h3-14,16,24-25,27,33H,15H2,1-2H3,(H,34,37)(H,39,40)/t24-,25-,27?/m0/s1. The predicted molar refractivity (Wildman–Crippen MR) is 154 cm³/mol. The second-order valence-electron chi connectivity index (χ2n) is 10.7. The topological polar surface area (TPSA) is 123 Å². The van der Waals surface area contributed by atoms with Gasteiger partial charge in [-0.25, -0.2) is 14.5 Å². The van der Waals surface area contributed by atoms with Gasteiger partial charge in [0.2, 0.25) is 0 Å². The minimum Gasteiger partial charge on any atom is -0.480 e. The van der Waals surface area contributed by atoms with E-state index in [9.17, 15) is 24.3 Å². The molecule has 10 heteroatoms. The Labute approximate surface area is 240 Å². The van der Waals surface area contributed by atoms with Crippen LogP contribution in [0.3, 0.4) is 0 Å². The van der Waals surface area contributed by atoms with E-state index in [0.29, 0.717) is 11.4 Å². The maximum Gasteiger partial charge on any atom is 0.332 e. The quantitative estimate of drug-likeness (QED) is 0.277. The fraction of sp³-hybridized carbons (Fsp3) is 0.226. The lowest BCUT2D eigenvalue weighted by Crippen LogP contribution is -2.45. The molecule has 1 saturated heterocycles. The summed E-state index contributed by atoms with van der Waals surface area (Å²) in [7, 11) is 0. The van der Waals surface area contributed by atoms with Crippen molar-refractivity contribution in [3.63, 3.8) is 0 Å². The molecule has 4 amide bonds. The molecular weight excluding hydrogens is 544 g/mol. The van der Waals surface area contributed by atoms with Crippen molar-refractivity contribution in [1.82, 2.24) is 15.2 Å². The number of aliphatic carboxylic acids is 1. The van der Waals surface area contributed by atoms with E-state index in [1.54, 1.807) is 49.1 Å². The number of imide groups is 1. The molecule has 0 saturated carbocycles. The van der Waals surface area contributed by atoms with Crippen LogP contribution in [-0.4, -0.2) is 50.9 Å². The molecule has 2 aliphatic heterocycles. The predicted octanol–water partition coefficient (Wildman–Crippen LogP) is 5.14. The summed E-state index contributed by atoms with van der Waals surface area (Å²) in [4.78, 5) is 59.4. The number of urea groups is 1. The number of carbonyl (C=O) groups excluding carboxylic acids is 3. The van der Waals surface area contributed by atoms with E-state index in [1.165, 1.54) is 12.1 Å². The number of aromatic nitrogens is 1. The molecule has 1 unspecified atom stereocenters. The first-order valence-electron chi connectivity index (χ1n) is 13.3. The van der Waals surface area contributed by atoms with E-state index in [2.05, 4.69) is 10.3 Å². The zero-order chi connectivity index (χ0) is 29.0. The molecule has 3 heterocycles. The Bertz CT molecular complexity index is 1730. The molecule has 6 rings (SSSR count). The van der Waals surface area contributed by atoms with Crippen molar-refractivity contribution in [3.05, 3.63) is 100 Å². The first-order chi connectivity index (χ1) is 19.7. The number of para-hydroxylation sites is 2. The Morgan fingerprint density at radius 2 is 1.76 bits per heavy atom. The number of carboxylic acid groups (broad SMARTS) is 1. The normalized spacial score (nSPS) is 18.9. The smallest absolute Gasteiger partial charge is 0.332 e. The molecule has 41 heavy (non-hydrogen) atoms. The highest BCUT2D eigenvalue weighted by atomic mass is 35.5. The van der Waals surface area contributed by atoms with Crippen LogP contribution in [0.25, 0.3) is 10.9 Å². The van der Waals surface area contributed by atoms with E-state index in [1.807, 2.05) is 30.3 Å². The molecule has 0 aliphatic carbocycles. The van der Waals surface area contributed by atoms with E-state index in [4.69, 9.17) is 11.6 Å². The molecule has 208 valence electrons. The van der Waals surface area contributed by atoms with E-state index < -0.39 is 41.9 Å². The molecule has 9 nitrogen and oxygen atoms in total. The number of nitrogens with zero attached hydrogens (tertiary/aromatic N) is 2. The fourth-order valence-corrected chi connectivity index (χ4v) is 6.11. The van der Waals surface area contributed by atoms with E-state index >= 15 is 0 Å². The molecule has 3 N–H and O–H groups in total. The third-order valence-electron chi connectivity index (χ3n) is 7.82. The number of H-pyrrole nitrogens is 1. The number of nitrogens with one attached hydrogen (secondary N) is 2. The lowest BCUT2D eigenvalue weighted by molar-refractivity contribution is -0.140. The second-order valence-corrected chi connectivity index (χ2v) is 11.1. The highest BCUT2D eigenvalue weighted by Gasteiger charge is 2.53. The van der Waals surface area contributed by atoms with Crippen molar-refractivity contribution in [2.24, 2.45) is 5.92 Å². The number of aromatic amines is 1. The Kier molecular flexibility index (Phi) is 6.54. The number of halogens is 1. The number of fused-ring (bicyclic) bond motifs is 4. The van der Waals surface area contributed by atoms with Gasteiger partial charge in [0.05, 0.1) is 11.3 Å². The third kappa shape index (κ3) is 4.33. The highest BCUT2D eigenvalue weighted by molar-refractivity contribution is 6.30. The van der Waals surface area contributed by atoms with Crippen LogP contribution in [0.2, 0.25) is 5.02 Å². The van der Waals surface area contributed by atoms with E-state index in [-0.39, 0.29) is 17.2 Å². The number of hydrogen-bond donors (Lipinski definition) is 3. The number of anilines is 1. The SMILES string of the molecule is CC(C)[C@H](NC(=O)c1ccccc1N1C(=O)[C@@H]2Cc3c([nH]c4ccccc34)C(c3cccc(Cl)c3)N2C1=O)C(=O)O. The van der Waals surface area contributed by atoms with Crippen molar-refractivity contribution in [3.8, 4) is 0 Å². The van der Waals surface area contributed by atoms with Crippen LogP contribution in [0, 0.1) is 5.92 Å². The number of hydrogen-bond acceptors (Lipinski definition) is 4. The molecule has 2 aliphatic rings. The monoisotopic (exact) mass is 570 g/mol. The van der Waals surface area contributed by atoms with Gasteiger partial charge in [0.1, 0.15) is 18.1 Å². The summed E-state index contributed by atoms with van der Waals surface area (Å²) in [5, 5.41) is 13.6. The molecule has 0 radical (unpaired) electrons. The van der Waals surface area contributed by atoms with Gasteiger partial charge in [-0.15, -0.1) is 0 Å². The van der Waals surface area contributed by atoms with E-state index in [0.717, 1.165) is 32.6 Å². The summed E-state index contributed by atoms with van der Waals surface area (Å²) >= 11 is 6.37. The molecular formula is C31H27ClN4O5. The first kappa shape index (κ1) is 26.6. The molecule has 3 aromatic carbocycles. The van der Waals surface area contributed by atoms with Crippen LogP contribution in [0.4, 0.5) is 10.5 Å². The largest absolute Gasteiger partial charge is 0.480 e. The van der Waals surface area contributed by atoms with Crippen LogP contribution in [-0.2, 0) is 16.0 Å². The van der Waals surface area contributed by atoms with Crippen LogP contribution in [0.15, 0.2) is 72.8 Å². The molecule has 4 aromatic rings. The lowest BCUT2D eigenvalue weighted by atomic mass is 9.89. The number of amides is 4. The summed E-state index contributed by atoms with van der Waals surface area (Å²) in [5.41, 5.74) is 3.53. The van der Waals surface area contributed by atoms with Gasteiger partial charge >= 0.3 is 12.0 Å². The van der Waals surface area contributed by atoms with Gasteiger partial charge in [0.25, 0.3) is 11.8 Å². The van der Waals surface area contributed by atoms with Gasteiger partial charge in [-0.1, -0.05) is 67.9 Å². The molecule has 1 fully saturated rings. The van der Waals surface area contributed by atoms with Crippen LogP contribution in [0.1, 0.15) is 47.1 Å². The minimum atomic E-state index is -1.17. The second kappa shape index (κ2) is 10.1. The lowest BCUT2D eigenvalue weighted by Gasteiger charge is -2.36. The average Bonchev–Trinajstić information content (AvgIpc) is 3.44. The van der Waals surface area contributed by atoms with Crippen LogP contribution < -0.4 is 10.2 Å². The average molecular weight is 571 g/mol. The Hall–Kier alpha value is -4.63. The van der Waals surface area contributed by atoms with Crippen molar-refractivity contribution in [1.29, 1.82) is 0 Å². The zero-order valence-corrected chi connectivity index (χ0v) is 23.1. The molecule has 1 aromatic heterocycles. The Morgan fingerprint density at radius 1 is 1.02 bits per heavy atom. The van der Waals surface area contributed by atoms with Gasteiger partial charge in [-0.2, -0.15) is 0 Å². The highest BCUT2D eigenvalue weighted by Crippen LogP contribution is 2.45. The number of carboxylic acids is 1. The number of benzene rings is 3. The van der Waals surface area contributed by atoms with Crippen molar-refractivity contribution in [2.45, 2.75) is 38.4 Å². The summed E-state index contributed by atoms with van der Waals surface area (Å²) in [5.74, 6) is -2.70. The third-order valence-corrected chi connectivity index (χ3v) is 8.06. The number of rotatable bonds is 6. The molecule has 0 bridgehead atoms. The van der Waals surface area contributed by atoms with Crippen molar-refractivity contribution >= 4 is 52.0 Å². The van der Waals surface area contributed by atoms with Crippen molar-refractivity contribution in [2.75, 3.05) is 4.90 Å². The van der Waals surface area contributed by atoms with Gasteiger partial charge in [0.15, 0.2) is 0 Å². The first-order valence-corrected chi connectivity index (χ1v) is 13.7. The van der Waals surface area contributed by atoms with Crippen molar-refractivity contribution < 1.29 is 24.3 Å². The Morgan fingerprint density at radius 3 is 2.49 bits per heavy atom. The van der Waals surface area contributed by atoms with Gasteiger partial charge in [0, 0.05) is 28.0 Å². The summed E-state index contributed by atoms with van der Waals surface area (Å²) in [6.07, 6.45) is 0.292. The van der Waals surface area contributed by atoms with Crippen LogP contribution in [0.5, 0.6) is 0 Å². The Balaban J connectivity index is 1.45. The fourth-order valence-electron chi connectivity index (χ4n) is 5.91. The molecule has 3 atom stereocenters. The van der Waals surface area contributed by atoms with Crippen LogP contribution >= 0.6 is 11.6 Å². The summed E-state index contributed by atoms with van der Waals surface area (Å²) < 4.78 is 0. The number of carbonyl (C=O) groups is 4. The zero-order valence-electron chi connectivity index (χ0n) is 22.3.